The van der Waals surface area contributed by atoms with E-state index in [0.717, 1.165) is 27.1 Å². The van der Waals surface area contributed by atoms with Gasteiger partial charge in [0.15, 0.2) is 0 Å². The highest BCUT2D eigenvalue weighted by molar-refractivity contribution is 9.10. The average molecular weight is 425 g/mol. The molecule has 26 heavy (non-hydrogen) atoms. The van der Waals surface area contributed by atoms with Gasteiger partial charge in [0.05, 0.1) is 12.1 Å². The molecule has 2 aromatic rings. The van der Waals surface area contributed by atoms with Gasteiger partial charge in [0.25, 0.3) is 5.91 Å². The third-order valence-electron chi connectivity index (χ3n) is 3.74. The standard InChI is InChI=1S/C18H12BrF3N2O2/c19-14-6-4-11(5-7-14)10-24-16(25)15(23-17(24)26)9-12-2-1-3-13(8-12)18(20,21)22/h1-9H,10H2,(H,23,26)/b15-9+. The number of carbonyl (C=O) groups excluding carboxylic acids is 2. The Kier molecular flexibility index (Phi) is 4.86. The molecule has 4 nitrogen and oxygen atoms in total. The van der Waals surface area contributed by atoms with E-state index >= 15 is 0 Å². The number of halogens is 4. The minimum absolute atomic E-state index is 0.0635. The molecule has 0 atom stereocenters. The molecule has 0 saturated carbocycles. The number of alkyl halides is 3. The molecule has 1 saturated heterocycles. The number of rotatable bonds is 3. The van der Waals surface area contributed by atoms with E-state index in [9.17, 15) is 22.8 Å². The molecule has 0 unspecified atom stereocenters. The fourth-order valence-corrected chi connectivity index (χ4v) is 2.72. The van der Waals surface area contributed by atoms with E-state index < -0.39 is 23.7 Å². The molecule has 1 aliphatic rings. The van der Waals surface area contributed by atoms with Gasteiger partial charge in [0, 0.05) is 4.47 Å². The molecule has 0 aromatic heterocycles. The van der Waals surface area contributed by atoms with Gasteiger partial charge in [0.1, 0.15) is 5.70 Å². The predicted octanol–water partition coefficient (Wildman–Crippen LogP) is 4.56. The lowest BCUT2D eigenvalue weighted by molar-refractivity contribution is -0.137. The number of nitrogens with one attached hydrogen (secondary N) is 1. The van der Waals surface area contributed by atoms with Crippen LogP contribution in [0.2, 0.25) is 0 Å². The normalized spacial score (nSPS) is 16.3. The summed E-state index contributed by atoms with van der Waals surface area (Å²) < 4.78 is 39.2. The van der Waals surface area contributed by atoms with Crippen LogP contribution in [0.4, 0.5) is 18.0 Å². The second kappa shape index (κ2) is 6.95. The number of urea groups is 1. The van der Waals surface area contributed by atoms with Crippen molar-refractivity contribution in [3.63, 3.8) is 0 Å². The molecule has 8 heteroatoms. The summed E-state index contributed by atoms with van der Waals surface area (Å²) in [4.78, 5) is 25.5. The van der Waals surface area contributed by atoms with Crippen molar-refractivity contribution in [1.82, 2.24) is 10.2 Å². The first-order valence-corrected chi connectivity index (χ1v) is 8.29. The average Bonchev–Trinajstić information content (AvgIpc) is 2.84. The van der Waals surface area contributed by atoms with E-state index in [1.165, 1.54) is 18.2 Å². The van der Waals surface area contributed by atoms with Crippen LogP contribution < -0.4 is 5.32 Å². The molecular formula is C18H12BrF3N2O2. The minimum Gasteiger partial charge on any atom is -0.303 e. The Morgan fingerprint density at radius 1 is 1.08 bits per heavy atom. The van der Waals surface area contributed by atoms with Crippen LogP contribution >= 0.6 is 15.9 Å². The van der Waals surface area contributed by atoms with Crippen LogP contribution in [0.5, 0.6) is 0 Å². The van der Waals surface area contributed by atoms with Gasteiger partial charge in [-0.15, -0.1) is 0 Å². The third kappa shape index (κ3) is 3.96. The summed E-state index contributed by atoms with van der Waals surface area (Å²) in [7, 11) is 0. The van der Waals surface area contributed by atoms with Crippen molar-refractivity contribution in [2.24, 2.45) is 0 Å². The summed E-state index contributed by atoms with van der Waals surface area (Å²) in [6.45, 7) is 0.0673. The van der Waals surface area contributed by atoms with E-state index in [2.05, 4.69) is 21.2 Å². The Bertz CT molecular complexity index is 892. The fourth-order valence-electron chi connectivity index (χ4n) is 2.46. The number of carbonyl (C=O) groups is 2. The Labute approximate surface area is 155 Å². The van der Waals surface area contributed by atoms with Gasteiger partial charge in [-0.05, 0) is 41.5 Å². The highest BCUT2D eigenvalue weighted by Crippen LogP contribution is 2.30. The van der Waals surface area contributed by atoms with Gasteiger partial charge in [-0.25, -0.2) is 4.79 Å². The van der Waals surface area contributed by atoms with Crippen LogP contribution in [0.15, 0.2) is 58.7 Å². The number of nitrogens with zero attached hydrogens (tertiary/aromatic N) is 1. The fraction of sp³-hybridized carbons (Fsp3) is 0.111. The molecule has 0 spiro atoms. The molecule has 0 radical (unpaired) electrons. The zero-order valence-corrected chi connectivity index (χ0v) is 14.8. The summed E-state index contributed by atoms with van der Waals surface area (Å²) >= 11 is 3.30. The first-order valence-electron chi connectivity index (χ1n) is 7.50. The van der Waals surface area contributed by atoms with Crippen molar-refractivity contribution in [3.05, 3.63) is 75.4 Å². The maximum absolute atomic E-state index is 12.8. The van der Waals surface area contributed by atoms with Crippen LogP contribution in [-0.2, 0) is 17.5 Å². The van der Waals surface area contributed by atoms with Crippen molar-refractivity contribution in [1.29, 1.82) is 0 Å². The first kappa shape index (κ1) is 18.2. The summed E-state index contributed by atoms with van der Waals surface area (Å²) in [6, 6.07) is 11.0. The number of hydrogen-bond donors (Lipinski definition) is 1. The van der Waals surface area contributed by atoms with Crippen LogP contribution in [0, 0.1) is 0 Å². The van der Waals surface area contributed by atoms with Gasteiger partial charge < -0.3 is 5.32 Å². The van der Waals surface area contributed by atoms with Crippen molar-refractivity contribution < 1.29 is 22.8 Å². The molecule has 1 heterocycles. The highest BCUT2D eigenvalue weighted by atomic mass is 79.9. The largest absolute Gasteiger partial charge is 0.416 e. The van der Waals surface area contributed by atoms with Crippen molar-refractivity contribution in [3.8, 4) is 0 Å². The number of imide groups is 1. The number of benzene rings is 2. The lowest BCUT2D eigenvalue weighted by Crippen LogP contribution is -2.30. The SMILES string of the molecule is O=C1N/C(=C/c2cccc(C(F)(F)F)c2)C(=O)N1Cc1ccc(Br)cc1. The van der Waals surface area contributed by atoms with Gasteiger partial charge in [0.2, 0.25) is 0 Å². The van der Waals surface area contributed by atoms with E-state index in [0.29, 0.717) is 0 Å². The second-order valence-corrected chi connectivity index (χ2v) is 6.54. The van der Waals surface area contributed by atoms with Crippen molar-refractivity contribution in [2.45, 2.75) is 12.7 Å². The summed E-state index contributed by atoms with van der Waals surface area (Å²) in [5, 5.41) is 2.40. The topological polar surface area (TPSA) is 49.4 Å². The van der Waals surface area contributed by atoms with Gasteiger partial charge >= 0.3 is 12.2 Å². The monoisotopic (exact) mass is 424 g/mol. The molecule has 3 amide bonds. The second-order valence-electron chi connectivity index (χ2n) is 5.63. The highest BCUT2D eigenvalue weighted by Gasteiger charge is 2.34. The maximum atomic E-state index is 12.8. The van der Waals surface area contributed by atoms with Crippen molar-refractivity contribution in [2.75, 3.05) is 0 Å². The van der Waals surface area contributed by atoms with Crippen LogP contribution in [0.3, 0.4) is 0 Å². The Hall–Kier alpha value is -2.61. The van der Waals surface area contributed by atoms with E-state index in [-0.39, 0.29) is 17.8 Å². The summed E-state index contributed by atoms with van der Waals surface area (Å²) in [6.07, 6.45) is -3.25. The van der Waals surface area contributed by atoms with Crippen LogP contribution in [0.25, 0.3) is 6.08 Å². The first-order chi connectivity index (χ1) is 12.2. The Morgan fingerprint density at radius 2 is 1.77 bits per heavy atom. The molecule has 134 valence electrons. The smallest absolute Gasteiger partial charge is 0.303 e. The Morgan fingerprint density at radius 3 is 2.42 bits per heavy atom. The lowest BCUT2D eigenvalue weighted by atomic mass is 10.1. The third-order valence-corrected chi connectivity index (χ3v) is 4.27. The number of amides is 3. The molecule has 3 rings (SSSR count). The summed E-state index contributed by atoms with van der Waals surface area (Å²) in [5.74, 6) is -0.588. The summed E-state index contributed by atoms with van der Waals surface area (Å²) in [5.41, 5.74) is 0.0350. The van der Waals surface area contributed by atoms with Crippen molar-refractivity contribution >= 4 is 33.9 Å². The molecule has 0 aliphatic carbocycles. The molecule has 0 bridgehead atoms. The molecule has 1 N–H and O–H groups in total. The van der Waals surface area contributed by atoms with Gasteiger partial charge in [-0.1, -0.05) is 40.2 Å². The zero-order chi connectivity index (χ0) is 18.9. The zero-order valence-electron chi connectivity index (χ0n) is 13.2. The minimum atomic E-state index is -4.48. The molecule has 1 fully saturated rings. The molecule has 1 aliphatic heterocycles. The predicted molar refractivity (Wildman–Crippen MR) is 92.6 cm³/mol. The van der Waals surface area contributed by atoms with E-state index in [1.54, 1.807) is 24.3 Å². The molecule has 2 aromatic carbocycles. The van der Waals surface area contributed by atoms with Crippen LogP contribution in [0.1, 0.15) is 16.7 Å². The maximum Gasteiger partial charge on any atom is 0.416 e. The van der Waals surface area contributed by atoms with Crippen LogP contribution in [-0.4, -0.2) is 16.8 Å². The molecular weight excluding hydrogens is 413 g/mol. The van der Waals surface area contributed by atoms with E-state index in [4.69, 9.17) is 0 Å². The van der Waals surface area contributed by atoms with Gasteiger partial charge in [-0.2, -0.15) is 13.2 Å². The lowest BCUT2D eigenvalue weighted by Gasteiger charge is -2.11. The quantitative estimate of drug-likeness (QED) is 0.579. The Balaban J connectivity index is 1.82. The van der Waals surface area contributed by atoms with Gasteiger partial charge in [-0.3, -0.25) is 9.69 Å². The van der Waals surface area contributed by atoms with E-state index in [1.807, 2.05) is 0 Å². The number of hydrogen-bond acceptors (Lipinski definition) is 2.